The molecule has 2 aromatic carbocycles. The van der Waals surface area contributed by atoms with E-state index >= 15 is 0 Å². The van der Waals surface area contributed by atoms with Crippen molar-refractivity contribution in [3.8, 4) is 11.5 Å². The standard InChI is InChI=1S/C20H27ClN2O2/c1-15-7-5-6-8-17(15)14-25-20-18(21)11-16(12-19(20)24-4)13-22-9-10-23(2)3/h5-8,11-12,22H,9-10,13-14H2,1-4H3. The van der Waals surface area contributed by atoms with E-state index in [1.807, 2.05) is 24.3 Å². The van der Waals surface area contributed by atoms with Crippen molar-refractivity contribution < 1.29 is 9.47 Å². The number of halogens is 1. The zero-order chi connectivity index (χ0) is 18.2. The van der Waals surface area contributed by atoms with Gasteiger partial charge in [0.05, 0.1) is 12.1 Å². The Hall–Kier alpha value is -1.75. The molecule has 136 valence electrons. The van der Waals surface area contributed by atoms with Crippen LogP contribution < -0.4 is 14.8 Å². The number of methoxy groups -OCH3 is 1. The first kappa shape index (κ1) is 19.6. The molecule has 0 aliphatic rings. The first-order valence-corrected chi connectivity index (χ1v) is 8.78. The van der Waals surface area contributed by atoms with Gasteiger partial charge < -0.3 is 19.7 Å². The molecular formula is C20H27ClN2O2. The Morgan fingerprint density at radius 3 is 2.60 bits per heavy atom. The fourth-order valence-electron chi connectivity index (χ4n) is 2.47. The van der Waals surface area contributed by atoms with E-state index in [0.717, 1.165) is 30.8 Å². The normalized spacial score (nSPS) is 11.0. The summed E-state index contributed by atoms with van der Waals surface area (Å²) in [5.74, 6) is 1.25. The van der Waals surface area contributed by atoms with Crippen LogP contribution in [0.25, 0.3) is 0 Å². The zero-order valence-electron chi connectivity index (χ0n) is 15.4. The van der Waals surface area contributed by atoms with Crippen LogP contribution in [0.5, 0.6) is 11.5 Å². The van der Waals surface area contributed by atoms with Gasteiger partial charge in [0, 0.05) is 19.6 Å². The highest BCUT2D eigenvalue weighted by atomic mass is 35.5. The van der Waals surface area contributed by atoms with E-state index in [-0.39, 0.29) is 0 Å². The maximum Gasteiger partial charge on any atom is 0.180 e. The van der Waals surface area contributed by atoms with Crippen molar-refractivity contribution in [1.29, 1.82) is 0 Å². The highest BCUT2D eigenvalue weighted by Gasteiger charge is 2.13. The second-order valence-electron chi connectivity index (χ2n) is 6.30. The fourth-order valence-corrected chi connectivity index (χ4v) is 2.76. The Labute approximate surface area is 155 Å². The van der Waals surface area contributed by atoms with Crippen LogP contribution >= 0.6 is 11.6 Å². The SMILES string of the molecule is COc1cc(CNCCN(C)C)cc(Cl)c1OCc1ccccc1C. The lowest BCUT2D eigenvalue weighted by Crippen LogP contribution is -2.26. The van der Waals surface area contributed by atoms with Crippen LogP contribution in [0.2, 0.25) is 5.02 Å². The quantitative estimate of drug-likeness (QED) is 0.686. The van der Waals surface area contributed by atoms with E-state index in [9.17, 15) is 0 Å². The second-order valence-corrected chi connectivity index (χ2v) is 6.71. The number of likely N-dealkylation sites (N-methyl/N-ethyl adjacent to an activating group) is 1. The van der Waals surface area contributed by atoms with Crippen LogP contribution in [0.3, 0.4) is 0 Å². The minimum Gasteiger partial charge on any atom is -0.493 e. The fraction of sp³-hybridized carbons (Fsp3) is 0.400. The Balaban J connectivity index is 2.04. The molecule has 0 amide bonds. The van der Waals surface area contributed by atoms with Crippen LogP contribution in [0.1, 0.15) is 16.7 Å². The number of ether oxygens (including phenoxy) is 2. The molecule has 0 saturated heterocycles. The van der Waals surface area contributed by atoms with E-state index < -0.39 is 0 Å². The van der Waals surface area contributed by atoms with Gasteiger partial charge in [0.2, 0.25) is 0 Å². The third-order valence-electron chi connectivity index (χ3n) is 3.99. The molecule has 0 unspecified atom stereocenters. The smallest absolute Gasteiger partial charge is 0.180 e. The molecule has 2 aromatic rings. The molecular weight excluding hydrogens is 336 g/mol. The van der Waals surface area contributed by atoms with Gasteiger partial charge >= 0.3 is 0 Å². The van der Waals surface area contributed by atoms with E-state index in [4.69, 9.17) is 21.1 Å². The van der Waals surface area contributed by atoms with Crippen LogP contribution in [-0.4, -0.2) is 39.2 Å². The topological polar surface area (TPSA) is 33.7 Å². The molecule has 4 nitrogen and oxygen atoms in total. The number of hydrogen-bond acceptors (Lipinski definition) is 4. The molecule has 0 spiro atoms. The highest BCUT2D eigenvalue weighted by molar-refractivity contribution is 6.32. The lowest BCUT2D eigenvalue weighted by atomic mass is 10.1. The van der Waals surface area contributed by atoms with Gasteiger partial charge in [0.15, 0.2) is 11.5 Å². The molecule has 2 rings (SSSR count). The summed E-state index contributed by atoms with van der Waals surface area (Å²) in [4.78, 5) is 2.14. The summed E-state index contributed by atoms with van der Waals surface area (Å²) in [5, 5.41) is 3.97. The van der Waals surface area contributed by atoms with Crippen molar-refractivity contribution >= 4 is 11.6 Å². The predicted octanol–water partition coefficient (Wildman–Crippen LogP) is 3.89. The van der Waals surface area contributed by atoms with Gasteiger partial charge in [-0.25, -0.2) is 0 Å². The lowest BCUT2D eigenvalue weighted by molar-refractivity contribution is 0.284. The van der Waals surface area contributed by atoms with E-state index in [1.54, 1.807) is 7.11 Å². The van der Waals surface area contributed by atoms with Crippen molar-refractivity contribution in [2.24, 2.45) is 0 Å². The zero-order valence-corrected chi connectivity index (χ0v) is 16.2. The van der Waals surface area contributed by atoms with Crippen LogP contribution in [0, 0.1) is 6.92 Å². The van der Waals surface area contributed by atoms with E-state index in [2.05, 4.69) is 43.4 Å². The Morgan fingerprint density at radius 2 is 1.92 bits per heavy atom. The number of nitrogens with one attached hydrogen (secondary N) is 1. The van der Waals surface area contributed by atoms with Crippen molar-refractivity contribution in [2.45, 2.75) is 20.1 Å². The predicted molar refractivity (Wildman–Crippen MR) is 104 cm³/mol. The molecule has 0 heterocycles. The Bertz CT molecular complexity index is 689. The summed E-state index contributed by atoms with van der Waals surface area (Å²) in [6, 6.07) is 12.1. The number of nitrogens with zero attached hydrogens (tertiary/aromatic N) is 1. The van der Waals surface area contributed by atoms with Gasteiger partial charge in [-0.15, -0.1) is 0 Å². The molecule has 0 radical (unpaired) electrons. The van der Waals surface area contributed by atoms with Crippen molar-refractivity contribution in [2.75, 3.05) is 34.3 Å². The van der Waals surface area contributed by atoms with Crippen LogP contribution in [0.4, 0.5) is 0 Å². The maximum atomic E-state index is 6.44. The van der Waals surface area contributed by atoms with Crippen LogP contribution in [-0.2, 0) is 13.2 Å². The minimum atomic E-state index is 0.461. The van der Waals surface area contributed by atoms with Gasteiger partial charge in [-0.05, 0) is 49.8 Å². The molecule has 0 fully saturated rings. The minimum absolute atomic E-state index is 0.461. The summed E-state index contributed by atoms with van der Waals surface area (Å²) in [7, 11) is 5.75. The largest absolute Gasteiger partial charge is 0.493 e. The highest BCUT2D eigenvalue weighted by Crippen LogP contribution is 2.37. The second kappa shape index (κ2) is 9.66. The molecule has 0 aromatic heterocycles. The molecule has 0 aliphatic carbocycles. The van der Waals surface area contributed by atoms with Gasteiger partial charge in [-0.2, -0.15) is 0 Å². The average molecular weight is 363 g/mol. The number of hydrogen-bond donors (Lipinski definition) is 1. The number of rotatable bonds is 9. The number of aryl methyl sites for hydroxylation is 1. The summed E-state index contributed by atoms with van der Waals surface area (Å²) in [6.45, 7) is 5.17. The van der Waals surface area contributed by atoms with Crippen molar-refractivity contribution in [1.82, 2.24) is 10.2 Å². The monoisotopic (exact) mass is 362 g/mol. The molecule has 5 heteroatoms. The Morgan fingerprint density at radius 1 is 1.16 bits per heavy atom. The third kappa shape index (κ3) is 5.92. The lowest BCUT2D eigenvalue weighted by Gasteiger charge is -2.16. The molecule has 1 N–H and O–H groups in total. The summed E-state index contributed by atoms with van der Waals surface area (Å²) in [5.41, 5.74) is 3.40. The number of benzene rings is 2. The molecule has 25 heavy (non-hydrogen) atoms. The van der Waals surface area contributed by atoms with Crippen LogP contribution in [0.15, 0.2) is 36.4 Å². The first-order chi connectivity index (χ1) is 12.0. The average Bonchev–Trinajstić information content (AvgIpc) is 2.58. The summed E-state index contributed by atoms with van der Waals surface area (Å²) >= 11 is 6.44. The van der Waals surface area contributed by atoms with Gasteiger partial charge in [-0.3, -0.25) is 0 Å². The molecule has 0 aliphatic heterocycles. The molecule has 0 bridgehead atoms. The molecule has 0 saturated carbocycles. The van der Waals surface area contributed by atoms with E-state index in [1.165, 1.54) is 5.56 Å². The Kier molecular flexibility index (Phi) is 7.56. The van der Waals surface area contributed by atoms with Gasteiger partial charge in [-0.1, -0.05) is 35.9 Å². The summed E-state index contributed by atoms with van der Waals surface area (Å²) in [6.07, 6.45) is 0. The van der Waals surface area contributed by atoms with Gasteiger partial charge in [0.25, 0.3) is 0 Å². The maximum absolute atomic E-state index is 6.44. The van der Waals surface area contributed by atoms with E-state index in [0.29, 0.717) is 23.1 Å². The van der Waals surface area contributed by atoms with Crippen molar-refractivity contribution in [3.05, 3.63) is 58.1 Å². The van der Waals surface area contributed by atoms with Gasteiger partial charge in [0.1, 0.15) is 6.61 Å². The summed E-state index contributed by atoms with van der Waals surface area (Å²) < 4.78 is 11.4. The first-order valence-electron chi connectivity index (χ1n) is 8.40. The van der Waals surface area contributed by atoms with Crippen molar-refractivity contribution in [3.63, 3.8) is 0 Å². The molecule has 0 atom stereocenters. The third-order valence-corrected chi connectivity index (χ3v) is 4.27.